The maximum atomic E-state index is 12.9. The van der Waals surface area contributed by atoms with Crippen LogP contribution in [0.15, 0.2) is 48.5 Å². The SMILES string of the molecule is Cc1c(Cl)c(C(F)(F)F)nn1CCCNC(=O)c1cccc(COc2ccccc2Cl)c1. The Morgan fingerprint density at radius 1 is 1.16 bits per heavy atom. The molecule has 5 nitrogen and oxygen atoms in total. The average Bonchev–Trinajstić information content (AvgIpc) is 3.05. The molecule has 1 heterocycles. The standard InChI is InChI=1S/C22H20Cl2F3N3O2/c1-14-19(24)20(22(25,26)27)29-30(14)11-5-10-28-21(31)16-7-4-6-15(12-16)13-32-18-9-3-2-8-17(18)23/h2-4,6-9,12H,5,10-11,13H2,1H3,(H,28,31). The summed E-state index contributed by atoms with van der Waals surface area (Å²) in [4.78, 5) is 12.4. The molecule has 170 valence electrons. The van der Waals surface area contributed by atoms with E-state index in [0.717, 1.165) is 5.56 Å². The van der Waals surface area contributed by atoms with Crippen LogP contribution in [0.25, 0.3) is 0 Å². The molecule has 0 fully saturated rings. The van der Waals surface area contributed by atoms with E-state index in [0.29, 0.717) is 22.8 Å². The quantitative estimate of drug-likeness (QED) is 0.403. The van der Waals surface area contributed by atoms with Crippen molar-refractivity contribution in [1.29, 1.82) is 0 Å². The largest absolute Gasteiger partial charge is 0.487 e. The number of amides is 1. The zero-order valence-electron chi connectivity index (χ0n) is 17.0. The summed E-state index contributed by atoms with van der Waals surface area (Å²) in [6, 6.07) is 14.0. The van der Waals surface area contributed by atoms with Gasteiger partial charge in [0, 0.05) is 18.7 Å². The molecule has 10 heteroatoms. The Morgan fingerprint density at radius 3 is 2.59 bits per heavy atom. The molecule has 0 atom stereocenters. The summed E-state index contributed by atoms with van der Waals surface area (Å²) in [6.07, 6.45) is -4.22. The van der Waals surface area contributed by atoms with Gasteiger partial charge >= 0.3 is 6.18 Å². The predicted molar refractivity (Wildman–Crippen MR) is 116 cm³/mol. The number of hydrogen-bond acceptors (Lipinski definition) is 3. The molecule has 0 radical (unpaired) electrons. The monoisotopic (exact) mass is 485 g/mol. The van der Waals surface area contributed by atoms with Gasteiger partial charge in [0.2, 0.25) is 0 Å². The van der Waals surface area contributed by atoms with Crippen molar-refractivity contribution in [3.8, 4) is 5.75 Å². The van der Waals surface area contributed by atoms with Crippen molar-refractivity contribution in [2.24, 2.45) is 0 Å². The summed E-state index contributed by atoms with van der Waals surface area (Å²) in [5.41, 5.74) is 0.370. The highest BCUT2D eigenvalue weighted by Crippen LogP contribution is 2.35. The maximum Gasteiger partial charge on any atom is 0.436 e. The van der Waals surface area contributed by atoms with Crippen LogP contribution in [-0.4, -0.2) is 22.2 Å². The van der Waals surface area contributed by atoms with Crippen LogP contribution in [0.4, 0.5) is 13.2 Å². The number of alkyl halides is 3. The molecule has 0 saturated carbocycles. The van der Waals surface area contributed by atoms with Crippen molar-refractivity contribution >= 4 is 29.1 Å². The molecule has 0 bridgehead atoms. The van der Waals surface area contributed by atoms with Crippen LogP contribution in [0.5, 0.6) is 5.75 Å². The molecule has 0 spiro atoms. The minimum Gasteiger partial charge on any atom is -0.487 e. The smallest absolute Gasteiger partial charge is 0.436 e. The number of nitrogens with one attached hydrogen (secondary N) is 1. The first-order valence-electron chi connectivity index (χ1n) is 9.71. The molecular formula is C22H20Cl2F3N3O2. The highest BCUT2D eigenvalue weighted by Gasteiger charge is 2.38. The van der Waals surface area contributed by atoms with Gasteiger partial charge in [0.05, 0.1) is 15.7 Å². The predicted octanol–water partition coefficient (Wildman–Crippen LogP) is 5.92. The number of para-hydroxylation sites is 1. The highest BCUT2D eigenvalue weighted by atomic mass is 35.5. The molecule has 0 aliphatic rings. The summed E-state index contributed by atoms with van der Waals surface area (Å²) in [5.74, 6) is 0.252. The van der Waals surface area contributed by atoms with Crippen molar-refractivity contribution in [1.82, 2.24) is 15.1 Å². The lowest BCUT2D eigenvalue weighted by molar-refractivity contribution is -0.141. The van der Waals surface area contributed by atoms with Crippen LogP contribution in [0.2, 0.25) is 10.0 Å². The number of aryl methyl sites for hydroxylation is 1. The van der Waals surface area contributed by atoms with E-state index in [1.54, 1.807) is 36.4 Å². The van der Waals surface area contributed by atoms with Gasteiger partial charge in [-0.15, -0.1) is 0 Å². The molecule has 32 heavy (non-hydrogen) atoms. The molecule has 0 saturated heterocycles. The Balaban J connectivity index is 1.51. The number of ether oxygens (including phenoxy) is 1. The number of carbonyl (C=O) groups is 1. The molecule has 1 amide bonds. The average molecular weight is 486 g/mol. The van der Waals surface area contributed by atoms with Gasteiger partial charge in [0.15, 0.2) is 5.69 Å². The zero-order valence-corrected chi connectivity index (χ0v) is 18.6. The number of hydrogen-bond donors (Lipinski definition) is 1. The molecule has 0 unspecified atom stereocenters. The number of rotatable bonds is 8. The van der Waals surface area contributed by atoms with Gasteiger partial charge in [0.1, 0.15) is 12.4 Å². The Labute approximate surface area is 193 Å². The van der Waals surface area contributed by atoms with E-state index in [2.05, 4.69) is 10.4 Å². The molecular weight excluding hydrogens is 466 g/mol. The second-order valence-electron chi connectivity index (χ2n) is 7.00. The lowest BCUT2D eigenvalue weighted by Gasteiger charge is -2.10. The summed E-state index contributed by atoms with van der Waals surface area (Å²) in [7, 11) is 0. The van der Waals surface area contributed by atoms with Gasteiger partial charge in [-0.3, -0.25) is 9.48 Å². The molecule has 1 aromatic heterocycles. The van der Waals surface area contributed by atoms with Gasteiger partial charge < -0.3 is 10.1 Å². The fourth-order valence-corrected chi connectivity index (χ4v) is 3.41. The Morgan fingerprint density at radius 2 is 1.91 bits per heavy atom. The normalized spacial score (nSPS) is 11.4. The second kappa shape index (κ2) is 10.3. The van der Waals surface area contributed by atoms with Crippen LogP contribution >= 0.6 is 23.2 Å². The van der Waals surface area contributed by atoms with Gasteiger partial charge in [-0.2, -0.15) is 18.3 Å². The Hall–Kier alpha value is -2.71. The topological polar surface area (TPSA) is 56.2 Å². The fourth-order valence-electron chi connectivity index (χ4n) is 2.98. The van der Waals surface area contributed by atoms with E-state index in [9.17, 15) is 18.0 Å². The minimum absolute atomic E-state index is 0.188. The maximum absolute atomic E-state index is 12.9. The van der Waals surface area contributed by atoms with Crippen molar-refractivity contribution in [3.05, 3.63) is 81.1 Å². The minimum atomic E-state index is -4.61. The van der Waals surface area contributed by atoms with Gasteiger partial charge in [-0.1, -0.05) is 47.5 Å². The van der Waals surface area contributed by atoms with Crippen LogP contribution in [0, 0.1) is 6.92 Å². The number of nitrogens with zero attached hydrogens (tertiary/aromatic N) is 2. The summed E-state index contributed by atoms with van der Waals surface area (Å²) < 4.78 is 45.6. The third-order valence-corrected chi connectivity index (χ3v) is 5.42. The highest BCUT2D eigenvalue weighted by molar-refractivity contribution is 6.32. The summed E-state index contributed by atoms with van der Waals surface area (Å²) >= 11 is 11.8. The van der Waals surface area contributed by atoms with E-state index < -0.39 is 16.9 Å². The van der Waals surface area contributed by atoms with E-state index in [4.69, 9.17) is 27.9 Å². The molecule has 3 rings (SSSR count). The summed E-state index contributed by atoms with van der Waals surface area (Å²) in [6.45, 7) is 2.16. The number of halogens is 5. The van der Waals surface area contributed by atoms with E-state index in [-0.39, 0.29) is 31.3 Å². The Bertz CT molecular complexity index is 1100. The van der Waals surface area contributed by atoms with E-state index in [1.165, 1.54) is 11.6 Å². The van der Waals surface area contributed by atoms with Crippen LogP contribution in [0.3, 0.4) is 0 Å². The van der Waals surface area contributed by atoms with Gasteiger partial charge in [-0.25, -0.2) is 0 Å². The number of carbonyl (C=O) groups excluding carboxylic acids is 1. The van der Waals surface area contributed by atoms with Crippen LogP contribution in [0.1, 0.15) is 33.7 Å². The van der Waals surface area contributed by atoms with Crippen molar-refractivity contribution in [2.45, 2.75) is 32.7 Å². The fraction of sp³-hybridized carbons (Fsp3) is 0.273. The number of benzene rings is 2. The second-order valence-corrected chi connectivity index (χ2v) is 7.78. The third-order valence-electron chi connectivity index (χ3n) is 4.65. The molecule has 3 aromatic rings. The molecule has 0 aliphatic carbocycles. The van der Waals surface area contributed by atoms with Gasteiger partial charge in [-0.05, 0) is 43.2 Å². The van der Waals surface area contributed by atoms with E-state index in [1.807, 2.05) is 12.1 Å². The lowest BCUT2D eigenvalue weighted by Crippen LogP contribution is -2.25. The van der Waals surface area contributed by atoms with Crippen molar-refractivity contribution < 1.29 is 22.7 Å². The third kappa shape index (κ3) is 5.95. The van der Waals surface area contributed by atoms with Crippen molar-refractivity contribution in [3.63, 3.8) is 0 Å². The zero-order chi connectivity index (χ0) is 23.3. The molecule has 1 N–H and O–H groups in total. The Kier molecular flexibility index (Phi) is 7.69. The lowest BCUT2D eigenvalue weighted by atomic mass is 10.1. The van der Waals surface area contributed by atoms with Crippen molar-refractivity contribution in [2.75, 3.05) is 6.54 Å². The molecule has 2 aromatic carbocycles. The first-order valence-corrected chi connectivity index (χ1v) is 10.5. The van der Waals surface area contributed by atoms with Gasteiger partial charge in [0.25, 0.3) is 5.91 Å². The van der Waals surface area contributed by atoms with E-state index >= 15 is 0 Å². The molecule has 0 aliphatic heterocycles. The van der Waals surface area contributed by atoms with Crippen LogP contribution < -0.4 is 10.1 Å². The first-order chi connectivity index (χ1) is 15.2. The van der Waals surface area contributed by atoms with Crippen LogP contribution in [-0.2, 0) is 19.3 Å². The summed E-state index contributed by atoms with van der Waals surface area (Å²) in [5, 5.41) is 6.39. The number of aromatic nitrogens is 2. The first kappa shape index (κ1) is 23.9.